The summed E-state index contributed by atoms with van der Waals surface area (Å²) in [6.07, 6.45) is 0. The molecule has 4 nitrogen and oxygen atoms in total. The van der Waals surface area contributed by atoms with E-state index < -0.39 is 0 Å². The van der Waals surface area contributed by atoms with Gasteiger partial charge in [-0.15, -0.1) is 0 Å². The molecule has 0 saturated carbocycles. The number of rotatable bonds is 3. The van der Waals surface area contributed by atoms with Gasteiger partial charge < -0.3 is 16.2 Å². The molecule has 1 aromatic carbocycles. The van der Waals surface area contributed by atoms with Gasteiger partial charge in [-0.2, -0.15) is 0 Å². The molecule has 94 valence electrons. The molecule has 0 bridgehead atoms. The zero-order valence-corrected chi connectivity index (χ0v) is 11.0. The summed E-state index contributed by atoms with van der Waals surface area (Å²) < 4.78 is 0. The van der Waals surface area contributed by atoms with Gasteiger partial charge in [-0.05, 0) is 19.1 Å². The first-order valence-corrected chi connectivity index (χ1v) is 5.83. The van der Waals surface area contributed by atoms with Gasteiger partial charge >= 0.3 is 0 Å². The van der Waals surface area contributed by atoms with Crippen LogP contribution >= 0.6 is 23.2 Å². The number of aromatic hydroxyl groups is 1. The summed E-state index contributed by atoms with van der Waals surface area (Å²) in [5.74, 6) is -0.759. The lowest BCUT2D eigenvalue weighted by atomic mass is 10.0. The van der Waals surface area contributed by atoms with Gasteiger partial charge in [0.05, 0.1) is 16.0 Å². The van der Waals surface area contributed by atoms with Gasteiger partial charge in [0, 0.05) is 11.7 Å². The Morgan fingerprint density at radius 2 is 1.82 bits per heavy atom. The molecular weight excluding hydrogens is 263 g/mol. The summed E-state index contributed by atoms with van der Waals surface area (Å²) in [5, 5.41) is 12.2. The highest BCUT2D eigenvalue weighted by molar-refractivity contribution is 6.37. The minimum Gasteiger partial charge on any atom is -0.505 e. The van der Waals surface area contributed by atoms with Crippen molar-refractivity contribution in [2.75, 3.05) is 5.32 Å². The van der Waals surface area contributed by atoms with Crippen LogP contribution in [-0.4, -0.2) is 17.1 Å². The van der Waals surface area contributed by atoms with E-state index in [4.69, 9.17) is 28.9 Å². The summed E-state index contributed by atoms with van der Waals surface area (Å²) in [6, 6.07) is 2.60. The highest BCUT2D eigenvalue weighted by Crippen LogP contribution is 2.34. The summed E-state index contributed by atoms with van der Waals surface area (Å²) in [6.45, 7) is 3.48. The molecule has 4 N–H and O–H groups in total. The fourth-order valence-electron chi connectivity index (χ4n) is 1.13. The first-order valence-electron chi connectivity index (χ1n) is 5.07. The summed E-state index contributed by atoms with van der Waals surface area (Å²) in [4.78, 5) is 11.7. The molecule has 0 radical (unpaired) electrons. The van der Waals surface area contributed by atoms with E-state index in [2.05, 4.69) is 5.32 Å². The average Bonchev–Trinajstić information content (AvgIpc) is 2.24. The molecule has 0 heterocycles. The third-order valence-electron chi connectivity index (χ3n) is 2.49. The Bertz CT molecular complexity index is 412. The number of amides is 1. The average molecular weight is 277 g/mol. The van der Waals surface area contributed by atoms with Crippen molar-refractivity contribution in [3.63, 3.8) is 0 Å². The van der Waals surface area contributed by atoms with Crippen molar-refractivity contribution < 1.29 is 9.90 Å². The van der Waals surface area contributed by atoms with Crippen molar-refractivity contribution in [2.45, 2.75) is 19.9 Å². The van der Waals surface area contributed by atoms with Crippen molar-refractivity contribution in [3.05, 3.63) is 22.2 Å². The molecule has 0 saturated heterocycles. The molecule has 0 fully saturated rings. The summed E-state index contributed by atoms with van der Waals surface area (Å²) >= 11 is 11.5. The van der Waals surface area contributed by atoms with Crippen LogP contribution in [0.25, 0.3) is 0 Å². The minimum absolute atomic E-state index is 0.0845. The SMILES string of the molecule is CC(N)C(C)C(=O)Nc1cc(Cl)c(O)c(Cl)c1. The van der Waals surface area contributed by atoms with E-state index in [1.54, 1.807) is 13.8 Å². The van der Waals surface area contributed by atoms with Gasteiger partial charge in [0.1, 0.15) is 0 Å². The molecule has 2 atom stereocenters. The maximum Gasteiger partial charge on any atom is 0.228 e. The minimum atomic E-state index is -0.332. The van der Waals surface area contributed by atoms with E-state index >= 15 is 0 Å². The predicted molar refractivity (Wildman–Crippen MR) is 69.6 cm³/mol. The number of hydrogen-bond donors (Lipinski definition) is 3. The normalized spacial score (nSPS) is 14.2. The fourth-order valence-corrected chi connectivity index (χ4v) is 1.62. The second-order valence-electron chi connectivity index (χ2n) is 3.93. The van der Waals surface area contributed by atoms with Crippen LogP contribution in [-0.2, 0) is 4.79 Å². The molecule has 0 spiro atoms. The van der Waals surface area contributed by atoms with Crippen LogP contribution in [0.2, 0.25) is 10.0 Å². The zero-order valence-electron chi connectivity index (χ0n) is 9.50. The van der Waals surface area contributed by atoms with E-state index in [-0.39, 0.29) is 33.7 Å². The largest absolute Gasteiger partial charge is 0.505 e. The molecule has 1 aromatic rings. The van der Waals surface area contributed by atoms with Gasteiger partial charge in [0.2, 0.25) is 5.91 Å². The Labute approximate surface area is 110 Å². The lowest BCUT2D eigenvalue weighted by Crippen LogP contribution is -2.34. The van der Waals surface area contributed by atoms with Crippen LogP contribution < -0.4 is 11.1 Å². The molecule has 2 unspecified atom stereocenters. The first-order chi connectivity index (χ1) is 7.82. The topological polar surface area (TPSA) is 75.4 Å². The maximum atomic E-state index is 11.7. The van der Waals surface area contributed by atoms with Crippen LogP contribution in [0.5, 0.6) is 5.75 Å². The number of phenols is 1. The molecule has 1 amide bonds. The Kier molecular flexibility index (Phi) is 4.62. The lowest BCUT2D eigenvalue weighted by Gasteiger charge is -2.15. The Hall–Kier alpha value is -0.970. The number of benzene rings is 1. The van der Waals surface area contributed by atoms with Crippen LogP contribution in [0.1, 0.15) is 13.8 Å². The molecule has 0 aliphatic heterocycles. The smallest absolute Gasteiger partial charge is 0.228 e. The maximum absolute atomic E-state index is 11.7. The highest BCUT2D eigenvalue weighted by Gasteiger charge is 2.18. The number of carbonyl (C=O) groups excluding carboxylic acids is 1. The second-order valence-corrected chi connectivity index (χ2v) is 4.74. The molecule has 0 aliphatic rings. The van der Waals surface area contributed by atoms with Gasteiger partial charge in [-0.25, -0.2) is 0 Å². The molecule has 6 heteroatoms. The predicted octanol–water partition coefficient (Wildman–Crippen LogP) is 2.62. The Morgan fingerprint density at radius 1 is 1.35 bits per heavy atom. The Morgan fingerprint density at radius 3 is 2.24 bits per heavy atom. The second kappa shape index (κ2) is 5.58. The number of halogens is 2. The van der Waals surface area contributed by atoms with Gasteiger partial charge in [-0.1, -0.05) is 30.1 Å². The molecular formula is C11H14Cl2N2O2. The molecule has 17 heavy (non-hydrogen) atoms. The van der Waals surface area contributed by atoms with E-state index in [0.29, 0.717) is 5.69 Å². The van der Waals surface area contributed by atoms with Crippen LogP contribution in [0.3, 0.4) is 0 Å². The quantitative estimate of drug-likeness (QED) is 0.743. The third-order valence-corrected chi connectivity index (χ3v) is 3.06. The highest BCUT2D eigenvalue weighted by atomic mass is 35.5. The molecule has 0 aromatic heterocycles. The third kappa shape index (κ3) is 3.49. The van der Waals surface area contributed by atoms with Crippen LogP contribution in [0.4, 0.5) is 5.69 Å². The van der Waals surface area contributed by atoms with Crippen LogP contribution in [0.15, 0.2) is 12.1 Å². The summed E-state index contributed by atoms with van der Waals surface area (Å²) in [5.41, 5.74) is 6.05. The van der Waals surface area contributed by atoms with Crippen molar-refractivity contribution in [1.82, 2.24) is 0 Å². The number of carbonyl (C=O) groups is 1. The van der Waals surface area contributed by atoms with Gasteiger partial charge in [0.25, 0.3) is 0 Å². The number of nitrogens with two attached hydrogens (primary N) is 1. The number of anilines is 1. The Balaban J connectivity index is 2.86. The van der Waals surface area contributed by atoms with Gasteiger partial charge in [0.15, 0.2) is 5.75 Å². The zero-order chi connectivity index (χ0) is 13.2. The van der Waals surface area contributed by atoms with Crippen molar-refractivity contribution >= 4 is 34.8 Å². The van der Waals surface area contributed by atoms with E-state index in [9.17, 15) is 9.90 Å². The standard InChI is InChI=1S/C11H14Cl2N2O2/c1-5(6(2)14)11(17)15-7-3-8(12)10(16)9(13)4-7/h3-6,16H,14H2,1-2H3,(H,15,17). The monoisotopic (exact) mass is 276 g/mol. The van der Waals surface area contributed by atoms with Gasteiger partial charge in [-0.3, -0.25) is 4.79 Å². The van der Waals surface area contributed by atoms with Crippen molar-refractivity contribution in [1.29, 1.82) is 0 Å². The first kappa shape index (κ1) is 14.1. The van der Waals surface area contributed by atoms with E-state index in [0.717, 1.165) is 0 Å². The van der Waals surface area contributed by atoms with E-state index in [1.165, 1.54) is 12.1 Å². The fraction of sp³-hybridized carbons (Fsp3) is 0.364. The molecule has 1 rings (SSSR count). The number of hydrogen-bond acceptors (Lipinski definition) is 3. The molecule has 0 aliphatic carbocycles. The van der Waals surface area contributed by atoms with Crippen LogP contribution in [0, 0.1) is 5.92 Å². The summed E-state index contributed by atoms with van der Waals surface area (Å²) in [7, 11) is 0. The lowest BCUT2D eigenvalue weighted by molar-refractivity contribution is -0.119. The van der Waals surface area contributed by atoms with Crippen molar-refractivity contribution in [3.8, 4) is 5.75 Å². The van der Waals surface area contributed by atoms with Crippen molar-refractivity contribution in [2.24, 2.45) is 11.7 Å². The number of phenolic OH excluding ortho intramolecular Hbond substituents is 1. The van der Waals surface area contributed by atoms with E-state index in [1.807, 2.05) is 0 Å². The number of nitrogens with one attached hydrogen (secondary N) is 1.